The van der Waals surface area contributed by atoms with Crippen molar-refractivity contribution < 1.29 is 14.6 Å². The lowest BCUT2D eigenvalue weighted by molar-refractivity contribution is -0.126. The Kier molecular flexibility index (Phi) is 2.58. The summed E-state index contributed by atoms with van der Waals surface area (Å²) < 4.78 is 10.7. The van der Waals surface area contributed by atoms with Crippen molar-refractivity contribution in [2.75, 3.05) is 19.8 Å². The summed E-state index contributed by atoms with van der Waals surface area (Å²) in [5.41, 5.74) is -0.520. The number of hydrogen-bond acceptors (Lipinski definition) is 3. The molecule has 3 unspecified atom stereocenters. The number of ether oxygens (including phenoxy) is 2. The minimum absolute atomic E-state index is 0.194. The van der Waals surface area contributed by atoms with E-state index in [1.54, 1.807) is 0 Å². The molecule has 0 amide bonds. The van der Waals surface area contributed by atoms with Crippen molar-refractivity contribution in [3.63, 3.8) is 0 Å². The molecule has 0 aromatic carbocycles. The minimum atomic E-state index is -0.520. The van der Waals surface area contributed by atoms with Gasteiger partial charge in [-0.15, -0.1) is 0 Å². The zero-order valence-electron chi connectivity index (χ0n) is 8.16. The van der Waals surface area contributed by atoms with Crippen LogP contribution in [0, 0.1) is 5.92 Å². The van der Waals surface area contributed by atoms with Crippen LogP contribution in [0.3, 0.4) is 0 Å². The topological polar surface area (TPSA) is 38.7 Å². The summed E-state index contributed by atoms with van der Waals surface area (Å²) in [4.78, 5) is 0. The predicted molar refractivity (Wildman–Crippen MR) is 48.5 cm³/mol. The summed E-state index contributed by atoms with van der Waals surface area (Å²) >= 11 is 0. The highest BCUT2D eigenvalue weighted by molar-refractivity contribution is 4.92. The molecule has 13 heavy (non-hydrogen) atoms. The molecule has 0 bridgehead atoms. The smallest absolute Gasteiger partial charge is 0.0745 e. The van der Waals surface area contributed by atoms with Crippen LogP contribution < -0.4 is 0 Å². The molecular formula is C10H18O3. The predicted octanol–water partition coefficient (Wildman–Crippen LogP) is 0.953. The second-order valence-corrected chi connectivity index (χ2v) is 4.30. The zero-order chi connectivity index (χ0) is 9.31. The van der Waals surface area contributed by atoms with Gasteiger partial charge in [-0.1, -0.05) is 0 Å². The summed E-state index contributed by atoms with van der Waals surface area (Å²) in [6.45, 7) is 4.25. The number of rotatable bonds is 1. The van der Waals surface area contributed by atoms with Crippen molar-refractivity contribution >= 4 is 0 Å². The summed E-state index contributed by atoms with van der Waals surface area (Å²) in [5, 5.41) is 10.4. The molecule has 2 saturated heterocycles. The lowest BCUT2D eigenvalue weighted by Gasteiger charge is -2.39. The van der Waals surface area contributed by atoms with E-state index in [1.165, 1.54) is 0 Å². The van der Waals surface area contributed by atoms with Crippen LogP contribution in [-0.4, -0.2) is 36.6 Å². The first-order valence-electron chi connectivity index (χ1n) is 5.12. The summed E-state index contributed by atoms with van der Waals surface area (Å²) in [6, 6.07) is 0. The SMILES string of the molecule is CC1CC(O)(C2CCOC2)CCO1. The molecule has 0 aromatic rings. The highest BCUT2D eigenvalue weighted by atomic mass is 16.5. The first kappa shape index (κ1) is 9.44. The molecule has 3 nitrogen and oxygen atoms in total. The molecule has 2 heterocycles. The standard InChI is InChI=1S/C10H18O3/c1-8-6-10(11,3-5-13-8)9-2-4-12-7-9/h8-9,11H,2-7H2,1H3. The first-order chi connectivity index (χ1) is 6.21. The maximum absolute atomic E-state index is 10.4. The molecule has 2 aliphatic heterocycles. The minimum Gasteiger partial charge on any atom is -0.389 e. The van der Waals surface area contributed by atoms with Gasteiger partial charge in [0.1, 0.15) is 0 Å². The molecule has 0 spiro atoms. The van der Waals surface area contributed by atoms with Crippen LogP contribution in [0.25, 0.3) is 0 Å². The molecule has 2 rings (SSSR count). The molecule has 3 heteroatoms. The van der Waals surface area contributed by atoms with Gasteiger partial charge in [0.05, 0.1) is 18.3 Å². The Bertz CT molecular complexity index is 177. The van der Waals surface area contributed by atoms with Gasteiger partial charge in [0, 0.05) is 25.6 Å². The maximum atomic E-state index is 10.4. The molecule has 2 aliphatic rings. The van der Waals surface area contributed by atoms with E-state index in [2.05, 4.69) is 0 Å². The Morgan fingerprint density at radius 3 is 2.85 bits per heavy atom. The maximum Gasteiger partial charge on any atom is 0.0745 e. The Morgan fingerprint density at radius 1 is 1.38 bits per heavy atom. The Labute approximate surface area is 79.0 Å². The van der Waals surface area contributed by atoms with Crippen LogP contribution in [0.2, 0.25) is 0 Å². The van der Waals surface area contributed by atoms with Crippen molar-refractivity contribution in [3.8, 4) is 0 Å². The van der Waals surface area contributed by atoms with Gasteiger partial charge in [0.15, 0.2) is 0 Å². The van der Waals surface area contributed by atoms with Gasteiger partial charge in [0.25, 0.3) is 0 Å². The van der Waals surface area contributed by atoms with E-state index in [1.807, 2.05) is 6.92 Å². The summed E-state index contributed by atoms with van der Waals surface area (Å²) in [5.74, 6) is 0.332. The molecule has 1 N–H and O–H groups in total. The van der Waals surface area contributed by atoms with Crippen LogP contribution in [-0.2, 0) is 9.47 Å². The fourth-order valence-corrected chi connectivity index (χ4v) is 2.42. The van der Waals surface area contributed by atoms with Gasteiger partial charge in [-0.3, -0.25) is 0 Å². The Morgan fingerprint density at radius 2 is 2.23 bits per heavy atom. The van der Waals surface area contributed by atoms with Gasteiger partial charge in [-0.2, -0.15) is 0 Å². The van der Waals surface area contributed by atoms with Gasteiger partial charge < -0.3 is 14.6 Å². The summed E-state index contributed by atoms with van der Waals surface area (Å²) in [6.07, 6.45) is 2.73. The third-order valence-corrected chi connectivity index (χ3v) is 3.27. The van der Waals surface area contributed by atoms with E-state index in [0.29, 0.717) is 12.5 Å². The quantitative estimate of drug-likeness (QED) is 0.662. The van der Waals surface area contributed by atoms with E-state index in [0.717, 1.165) is 32.5 Å². The van der Waals surface area contributed by atoms with Crippen LogP contribution in [0.1, 0.15) is 26.2 Å². The van der Waals surface area contributed by atoms with Gasteiger partial charge in [0.2, 0.25) is 0 Å². The van der Waals surface area contributed by atoms with E-state index < -0.39 is 5.60 Å². The third-order valence-electron chi connectivity index (χ3n) is 3.27. The van der Waals surface area contributed by atoms with Crippen molar-refractivity contribution in [2.24, 2.45) is 5.92 Å². The molecular weight excluding hydrogens is 168 g/mol. The molecule has 76 valence electrons. The normalized spacial score (nSPS) is 46.6. The highest BCUT2D eigenvalue weighted by Gasteiger charge is 2.42. The van der Waals surface area contributed by atoms with Crippen LogP contribution in [0.15, 0.2) is 0 Å². The lowest BCUT2D eigenvalue weighted by atomic mass is 9.79. The van der Waals surface area contributed by atoms with Crippen molar-refractivity contribution in [3.05, 3.63) is 0 Å². The average molecular weight is 186 g/mol. The van der Waals surface area contributed by atoms with E-state index in [9.17, 15) is 5.11 Å². The largest absolute Gasteiger partial charge is 0.389 e. The van der Waals surface area contributed by atoms with Crippen LogP contribution in [0.5, 0.6) is 0 Å². The molecule has 0 aromatic heterocycles. The fourth-order valence-electron chi connectivity index (χ4n) is 2.42. The summed E-state index contributed by atoms with van der Waals surface area (Å²) in [7, 11) is 0. The molecule has 2 fully saturated rings. The average Bonchev–Trinajstić information content (AvgIpc) is 2.55. The third kappa shape index (κ3) is 1.87. The number of aliphatic hydroxyl groups is 1. The van der Waals surface area contributed by atoms with Crippen molar-refractivity contribution in [1.29, 1.82) is 0 Å². The van der Waals surface area contributed by atoms with Crippen molar-refractivity contribution in [1.82, 2.24) is 0 Å². The number of hydrogen-bond donors (Lipinski definition) is 1. The fraction of sp³-hybridized carbons (Fsp3) is 1.00. The van der Waals surface area contributed by atoms with E-state index >= 15 is 0 Å². The molecule has 0 aliphatic carbocycles. The zero-order valence-corrected chi connectivity index (χ0v) is 8.16. The first-order valence-corrected chi connectivity index (χ1v) is 5.12. The molecule has 0 saturated carbocycles. The van der Waals surface area contributed by atoms with Crippen molar-refractivity contribution in [2.45, 2.75) is 37.9 Å². The Balaban J connectivity index is 2.00. The monoisotopic (exact) mass is 186 g/mol. The lowest BCUT2D eigenvalue weighted by Crippen LogP contribution is -2.46. The molecule has 0 radical (unpaired) electrons. The second-order valence-electron chi connectivity index (χ2n) is 4.30. The van der Waals surface area contributed by atoms with E-state index in [4.69, 9.17) is 9.47 Å². The molecule has 3 atom stereocenters. The van der Waals surface area contributed by atoms with Gasteiger partial charge >= 0.3 is 0 Å². The second kappa shape index (κ2) is 3.56. The van der Waals surface area contributed by atoms with Crippen LogP contribution in [0.4, 0.5) is 0 Å². The van der Waals surface area contributed by atoms with E-state index in [-0.39, 0.29) is 6.10 Å². The highest BCUT2D eigenvalue weighted by Crippen LogP contribution is 2.35. The van der Waals surface area contributed by atoms with Gasteiger partial charge in [-0.25, -0.2) is 0 Å². The van der Waals surface area contributed by atoms with Crippen LogP contribution >= 0.6 is 0 Å². The Hall–Kier alpha value is -0.120. The van der Waals surface area contributed by atoms with Gasteiger partial charge in [-0.05, 0) is 19.8 Å².